The summed E-state index contributed by atoms with van der Waals surface area (Å²) < 4.78 is 14.7. The molecule has 0 aliphatic rings. The van der Waals surface area contributed by atoms with Gasteiger partial charge in [-0.15, -0.1) is 0 Å². The van der Waals surface area contributed by atoms with Gasteiger partial charge in [0.2, 0.25) is 0 Å². The highest BCUT2D eigenvalue weighted by molar-refractivity contribution is 6.34. The van der Waals surface area contributed by atoms with Gasteiger partial charge >= 0.3 is 0 Å². The van der Waals surface area contributed by atoms with E-state index in [1.807, 2.05) is 66.7 Å². The summed E-state index contributed by atoms with van der Waals surface area (Å²) in [6.45, 7) is 0.603. The quantitative estimate of drug-likeness (QED) is 0.500. The molecule has 124 valence electrons. The minimum absolute atomic E-state index is 0.0944. The first-order chi connectivity index (χ1) is 12.2. The summed E-state index contributed by atoms with van der Waals surface area (Å²) in [7, 11) is 0. The summed E-state index contributed by atoms with van der Waals surface area (Å²) in [5.41, 5.74) is 2.94. The molecule has 0 aliphatic heterocycles. The van der Waals surface area contributed by atoms with E-state index in [9.17, 15) is 4.39 Å². The molecule has 3 nitrogen and oxygen atoms in total. The molecule has 0 bridgehead atoms. The number of benzene rings is 3. The summed E-state index contributed by atoms with van der Waals surface area (Å²) in [5, 5.41) is 11.0. The lowest BCUT2D eigenvalue weighted by Crippen LogP contribution is -1.99. The monoisotopic (exact) mass is 351 g/mol. The molecule has 25 heavy (non-hydrogen) atoms. The molecule has 4 aromatic rings. The summed E-state index contributed by atoms with van der Waals surface area (Å²) in [4.78, 5) is 0. The van der Waals surface area contributed by atoms with E-state index in [1.165, 1.54) is 0 Å². The van der Waals surface area contributed by atoms with Crippen LogP contribution in [-0.4, -0.2) is 10.2 Å². The summed E-state index contributed by atoms with van der Waals surface area (Å²) in [6, 6.07) is 21.4. The zero-order valence-corrected chi connectivity index (χ0v) is 14.0. The minimum atomic E-state index is -0.488. The first kappa shape index (κ1) is 15.7. The van der Waals surface area contributed by atoms with Crippen molar-refractivity contribution in [1.82, 2.24) is 10.2 Å². The Morgan fingerprint density at radius 3 is 2.40 bits per heavy atom. The summed E-state index contributed by atoms with van der Waals surface area (Å²) in [5.74, 6) is 0.116. The molecule has 0 amide bonds. The number of nitrogens with one attached hydrogen (secondary N) is 2. The average molecular weight is 352 g/mol. The van der Waals surface area contributed by atoms with Gasteiger partial charge in [-0.1, -0.05) is 72.3 Å². The molecule has 0 spiro atoms. The van der Waals surface area contributed by atoms with Crippen LogP contribution in [0.2, 0.25) is 5.02 Å². The van der Waals surface area contributed by atoms with E-state index in [-0.39, 0.29) is 5.02 Å². The molecule has 1 heterocycles. The van der Waals surface area contributed by atoms with E-state index in [2.05, 4.69) is 15.5 Å². The largest absolute Gasteiger partial charge is 0.364 e. The van der Waals surface area contributed by atoms with Gasteiger partial charge in [0.15, 0.2) is 11.6 Å². The number of hydrogen-bond acceptors (Lipinski definition) is 2. The van der Waals surface area contributed by atoms with Crippen molar-refractivity contribution in [2.24, 2.45) is 0 Å². The maximum Gasteiger partial charge on any atom is 0.168 e. The fourth-order valence-electron chi connectivity index (χ4n) is 2.84. The fourth-order valence-corrected chi connectivity index (χ4v) is 3.10. The third kappa shape index (κ3) is 2.96. The average Bonchev–Trinajstić information content (AvgIpc) is 3.07. The Morgan fingerprint density at radius 2 is 1.68 bits per heavy atom. The normalized spacial score (nSPS) is 11.0. The van der Waals surface area contributed by atoms with Gasteiger partial charge < -0.3 is 5.32 Å². The fraction of sp³-hybridized carbons (Fsp3) is 0.0500. The molecule has 0 radical (unpaired) electrons. The number of nitrogens with zero attached hydrogens (tertiary/aromatic N) is 1. The van der Waals surface area contributed by atoms with E-state index >= 15 is 0 Å². The number of rotatable bonds is 4. The van der Waals surface area contributed by atoms with Crippen LogP contribution in [0.4, 0.5) is 10.2 Å². The van der Waals surface area contributed by atoms with Gasteiger partial charge in [0, 0.05) is 17.5 Å². The van der Waals surface area contributed by atoms with Gasteiger partial charge in [-0.3, -0.25) is 5.10 Å². The van der Waals surface area contributed by atoms with Crippen LogP contribution in [0.25, 0.3) is 22.0 Å². The number of H-pyrrole nitrogens is 1. The van der Waals surface area contributed by atoms with Crippen LogP contribution in [0.3, 0.4) is 0 Å². The topological polar surface area (TPSA) is 40.7 Å². The Balaban J connectivity index is 1.76. The maximum absolute atomic E-state index is 14.7. The van der Waals surface area contributed by atoms with E-state index in [0.29, 0.717) is 28.8 Å². The zero-order chi connectivity index (χ0) is 17.2. The number of anilines is 1. The number of halogens is 2. The molecular formula is C20H15ClFN3. The Kier molecular flexibility index (Phi) is 4.12. The standard InChI is InChI=1S/C20H15ClFN3/c21-17-15(14-9-5-2-6-10-14)11-16-19(18(17)22)24-25-20(16)23-12-13-7-3-1-4-8-13/h1-11H,12H2,(H2,23,24,25). The maximum atomic E-state index is 14.7. The molecule has 3 aromatic carbocycles. The van der Waals surface area contributed by atoms with Crippen LogP contribution >= 0.6 is 11.6 Å². The molecule has 0 unspecified atom stereocenters. The van der Waals surface area contributed by atoms with E-state index in [4.69, 9.17) is 11.6 Å². The Labute approximate surface area is 149 Å². The van der Waals surface area contributed by atoms with E-state index < -0.39 is 5.82 Å². The minimum Gasteiger partial charge on any atom is -0.364 e. The highest BCUT2D eigenvalue weighted by Gasteiger charge is 2.17. The number of aromatic nitrogens is 2. The van der Waals surface area contributed by atoms with Crippen molar-refractivity contribution < 1.29 is 4.39 Å². The predicted molar refractivity (Wildman–Crippen MR) is 100 cm³/mol. The van der Waals surface area contributed by atoms with E-state index in [0.717, 1.165) is 11.1 Å². The molecule has 0 saturated heterocycles. The van der Waals surface area contributed by atoms with Gasteiger partial charge in [0.25, 0.3) is 0 Å². The van der Waals surface area contributed by atoms with Gasteiger partial charge in [-0.05, 0) is 17.2 Å². The van der Waals surface area contributed by atoms with Crippen LogP contribution in [-0.2, 0) is 6.54 Å². The lowest BCUT2D eigenvalue weighted by molar-refractivity contribution is 0.637. The van der Waals surface area contributed by atoms with E-state index in [1.54, 1.807) is 0 Å². The zero-order valence-electron chi connectivity index (χ0n) is 13.3. The van der Waals surface area contributed by atoms with Crippen LogP contribution in [0.1, 0.15) is 5.56 Å². The molecule has 4 rings (SSSR count). The van der Waals surface area contributed by atoms with Crippen molar-refractivity contribution in [2.75, 3.05) is 5.32 Å². The van der Waals surface area contributed by atoms with Crippen molar-refractivity contribution in [3.63, 3.8) is 0 Å². The van der Waals surface area contributed by atoms with Gasteiger partial charge in [0.1, 0.15) is 5.52 Å². The summed E-state index contributed by atoms with van der Waals surface area (Å²) >= 11 is 6.25. The predicted octanol–water partition coefficient (Wildman–Crippen LogP) is 5.63. The third-order valence-electron chi connectivity index (χ3n) is 4.13. The van der Waals surface area contributed by atoms with Crippen molar-refractivity contribution in [1.29, 1.82) is 0 Å². The highest BCUT2D eigenvalue weighted by atomic mass is 35.5. The number of fused-ring (bicyclic) bond motifs is 1. The Morgan fingerprint density at radius 1 is 1.00 bits per heavy atom. The molecular weight excluding hydrogens is 337 g/mol. The molecule has 2 N–H and O–H groups in total. The van der Waals surface area contributed by atoms with Crippen LogP contribution in [0.5, 0.6) is 0 Å². The lowest BCUT2D eigenvalue weighted by Gasteiger charge is -2.08. The molecule has 5 heteroatoms. The van der Waals surface area contributed by atoms with Crippen molar-refractivity contribution in [3.8, 4) is 11.1 Å². The van der Waals surface area contributed by atoms with Crippen LogP contribution in [0.15, 0.2) is 66.7 Å². The van der Waals surface area contributed by atoms with Gasteiger partial charge in [-0.25, -0.2) is 4.39 Å². The number of aromatic amines is 1. The Bertz CT molecular complexity index is 1010. The second-order valence-corrected chi connectivity index (χ2v) is 6.13. The smallest absolute Gasteiger partial charge is 0.168 e. The van der Waals surface area contributed by atoms with Crippen molar-refractivity contribution >= 4 is 28.3 Å². The van der Waals surface area contributed by atoms with Gasteiger partial charge in [0.05, 0.1) is 5.02 Å². The van der Waals surface area contributed by atoms with Crippen molar-refractivity contribution in [2.45, 2.75) is 6.54 Å². The second-order valence-electron chi connectivity index (χ2n) is 5.75. The molecule has 0 fully saturated rings. The summed E-state index contributed by atoms with van der Waals surface area (Å²) in [6.07, 6.45) is 0. The first-order valence-electron chi connectivity index (χ1n) is 7.93. The van der Waals surface area contributed by atoms with Gasteiger partial charge in [-0.2, -0.15) is 5.10 Å². The van der Waals surface area contributed by atoms with Crippen LogP contribution in [0, 0.1) is 5.82 Å². The molecule has 0 aliphatic carbocycles. The first-order valence-corrected chi connectivity index (χ1v) is 8.31. The molecule has 1 aromatic heterocycles. The Hall–Kier alpha value is -2.85. The van der Waals surface area contributed by atoms with Crippen molar-refractivity contribution in [3.05, 3.63) is 83.1 Å². The number of hydrogen-bond donors (Lipinski definition) is 2. The molecule has 0 saturated carbocycles. The second kappa shape index (κ2) is 6.57. The molecule has 0 atom stereocenters. The third-order valence-corrected chi connectivity index (χ3v) is 4.50. The highest BCUT2D eigenvalue weighted by Crippen LogP contribution is 2.36. The van der Waals surface area contributed by atoms with Crippen LogP contribution < -0.4 is 5.32 Å². The SMILES string of the molecule is Fc1c(Cl)c(-c2ccccc2)cc2c(NCc3ccccc3)n[nH]c12. The lowest BCUT2D eigenvalue weighted by atomic mass is 10.0.